The van der Waals surface area contributed by atoms with Crippen LogP contribution in [0.5, 0.6) is 0 Å². The van der Waals surface area contributed by atoms with Gasteiger partial charge < -0.3 is 15.0 Å². The first kappa shape index (κ1) is 14.7. The van der Waals surface area contributed by atoms with Gasteiger partial charge in [0.2, 0.25) is 0 Å². The molecule has 5 heteroatoms. The van der Waals surface area contributed by atoms with E-state index in [2.05, 4.69) is 20.8 Å². The number of benzene rings is 1. The number of hydrogen-bond acceptors (Lipinski definition) is 3. The van der Waals surface area contributed by atoms with Crippen LogP contribution in [0.4, 0.5) is 4.39 Å². The van der Waals surface area contributed by atoms with E-state index >= 15 is 0 Å². The lowest BCUT2D eigenvalue weighted by Crippen LogP contribution is -2.65. The molecule has 0 radical (unpaired) electrons. The van der Waals surface area contributed by atoms with E-state index in [-0.39, 0.29) is 23.5 Å². The predicted octanol–water partition coefficient (Wildman–Crippen LogP) is 3.09. The van der Waals surface area contributed by atoms with Gasteiger partial charge in [-0.05, 0) is 54.7 Å². The van der Waals surface area contributed by atoms with Gasteiger partial charge in [0.05, 0.1) is 17.6 Å². The van der Waals surface area contributed by atoms with Crippen LogP contribution in [0, 0.1) is 23.1 Å². The van der Waals surface area contributed by atoms with Crippen LogP contribution in [0.1, 0.15) is 45.1 Å². The van der Waals surface area contributed by atoms with Gasteiger partial charge >= 0.3 is 7.12 Å². The first-order chi connectivity index (χ1) is 10.3. The second-order valence-electron chi connectivity index (χ2n) is 7.91. The molecule has 1 heterocycles. The molecule has 118 valence electrons. The van der Waals surface area contributed by atoms with Gasteiger partial charge in [0.15, 0.2) is 0 Å². The summed E-state index contributed by atoms with van der Waals surface area (Å²) in [6.45, 7) is 6.85. The molecule has 5 atom stereocenters. The summed E-state index contributed by atoms with van der Waals surface area (Å²) in [4.78, 5) is 0. The zero-order chi connectivity index (χ0) is 15.7. The first-order valence-corrected chi connectivity index (χ1v) is 8.16. The molecule has 3 saturated carbocycles. The average molecular weight is 303 g/mol. The van der Waals surface area contributed by atoms with Crippen molar-refractivity contribution < 1.29 is 13.7 Å². The molecule has 3 aliphatic carbocycles. The van der Waals surface area contributed by atoms with Crippen LogP contribution < -0.4 is 5.73 Å². The minimum atomic E-state index is -0.449. The Morgan fingerprint density at radius 2 is 1.91 bits per heavy atom. The van der Waals surface area contributed by atoms with Crippen molar-refractivity contribution >= 4 is 7.12 Å². The van der Waals surface area contributed by atoms with E-state index in [4.69, 9.17) is 15.0 Å². The molecule has 4 aliphatic rings. The Kier molecular flexibility index (Phi) is 3.04. The van der Waals surface area contributed by atoms with Gasteiger partial charge in [-0.15, -0.1) is 0 Å². The minimum Gasteiger partial charge on any atom is -0.404 e. The minimum absolute atomic E-state index is 0.126. The predicted molar refractivity (Wildman–Crippen MR) is 83.4 cm³/mol. The number of halogens is 1. The van der Waals surface area contributed by atoms with Gasteiger partial charge in [0.25, 0.3) is 0 Å². The lowest BCUT2D eigenvalue weighted by Gasteiger charge is -2.64. The van der Waals surface area contributed by atoms with Crippen molar-refractivity contribution in [2.24, 2.45) is 23.0 Å². The summed E-state index contributed by atoms with van der Waals surface area (Å²) in [6.07, 6.45) is 2.40. The summed E-state index contributed by atoms with van der Waals surface area (Å²) in [5.74, 6) is 0.602. The normalized spacial score (nSPS) is 40.0. The van der Waals surface area contributed by atoms with Crippen molar-refractivity contribution in [3.63, 3.8) is 0 Å². The SMILES string of the molecule is CC1(C)[C@H]2C[C@@H]3OB([C@H](N)c4ccc(F)cc4)O[C@]3(C)[C@@H]1C2. The molecule has 0 aromatic heterocycles. The highest BCUT2D eigenvalue weighted by Gasteiger charge is 2.68. The van der Waals surface area contributed by atoms with Crippen molar-refractivity contribution in [2.45, 2.75) is 51.3 Å². The highest BCUT2D eigenvalue weighted by atomic mass is 19.1. The molecule has 4 fully saturated rings. The van der Waals surface area contributed by atoms with Crippen LogP contribution in [0.15, 0.2) is 24.3 Å². The maximum absolute atomic E-state index is 13.1. The van der Waals surface area contributed by atoms with E-state index in [1.807, 2.05) is 0 Å². The fourth-order valence-corrected chi connectivity index (χ4v) is 4.89. The molecule has 0 unspecified atom stereocenters. The van der Waals surface area contributed by atoms with Crippen LogP contribution in [-0.4, -0.2) is 18.8 Å². The second-order valence-corrected chi connectivity index (χ2v) is 7.91. The third-order valence-corrected chi connectivity index (χ3v) is 6.52. The number of hydrogen-bond donors (Lipinski definition) is 1. The Bertz CT molecular complexity index is 593. The molecule has 22 heavy (non-hydrogen) atoms. The molecule has 2 N–H and O–H groups in total. The molecular weight excluding hydrogens is 280 g/mol. The largest absolute Gasteiger partial charge is 0.480 e. The summed E-state index contributed by atoms with van der Waals surface area (Å²) >= 11 is 0. The third-order valence-electron chi connectivity index (χ3n) is 6.52. The summed E-state index contributed by atoms with van der Waals surface area (Å²) in [6, 6.07) is 6.28. The smallest absolute Gasteiger partial charge is 0.404 e. The number of nitrogens with two attached hydrogens (primary N) is 1. The summed E-state index contributed by atoms with van der Waals surface area (Å²) < 4.78 is 25.6. The Morgan fingerprint density at radius 3 is 2.55 bits per heavy atom. The molecule has 0 spiro atoms. The quantitative estimate of drug-likeness (QED) is 0.854. The van der Waals surface area contributed by atoms with E-state index in [0.29, 0.717) is 11.3 Å². The van der Waals surface area contributed by atoms with Gasteiger partial charge in [0.1, 0.15) is 5.82 Å². The van der Waals surface area contributed by atoms with Crippen LogP contribution in [0.25, 0.3) is 0 Å². The van der Waals surface area contributed by atoms with E-state index in [1.165, 1.54) is 18.6 Å². The van der Waals surface area contributed by atoms with Crippen molar-refractivity contribution in [3.05, 3.63) is 35.6 Å². The van der Waals surface area contributed by atoms with Gasteiger partial charge in [-0.1, -0.05) is 26.0 Å². The standard InChI is InChI=1S/C17H23BFNO2/c1-16(2)11-8-13(16)17(3)14(9-11)21-18(22-17)15(20)10-4-6-12(19)7-5-10/h4-7,11,13-15H,8-9,20H2,1-3H3/t11-,13-,14+,15-,17-/m1/s1. The lowest BCUT2D eigenvalue weighted by atomic mass is 9.43. The third kappa shape index (κ3) is 1.85. The molecule has 2 bridgehead atoms. The summed E-state index contributed by atoms with van der Waals surface area (Å²) in [7, 11) is -0.449. The highest BCUT2D eigenvalue weighted by molar-refractivity contribution is 6.47. The molecule has 3 nitrogen and oxygen atoms in total. The maximum atomic E-state index is 13.1. The van der Waals surface area contributed by atoms with Crippen LogP contribution in [0.2, 0.25) is 0 Å². The van der Waals surface area contributed by atoms with Crippen molar-refractivity contribution in [2.75, 3.05) is 0 Å². The Balaban J connectivity index is 1.56. The summed E-state index contributed by atoms with van der Waals surface area (Å²) in [5, 5.41) is 0. The van der Waals surface area contributed by atoms with Gasteiger partial charge in [-0.25, -0.2) is 4.39 Å². The average Bonchev–Trinajstić information content (AvgIpc) is 2.84. The lowest BCUT2D eigenvalue weighted by molar-refractivity contribution is -0.199. The molecule has 1 aliphatic heterocycles. The molecular formula is C17H23BFNO2. The Morgan fingerprint density at radius 1 is 1.23 bits per heavy atom. The number of rotatable bonds is 2. The zero-order valence-electron chi connectivity index (χ0n) is 13.4. The van der Waals surface area contributed by atoms with Crippen molar-refractivity contribution in [1.29, 1.82) is 0 Å². The highest BCUT2D eigenvalue weighted by Crippen LogP contribution is 2.65. The van der Waals surface area contributed by atoms with E-state index in [0.717, 1.165) is 17.9 Å². The fourth-order valence-electron chi connectivity index (χ4n) is 4.89. The van der Waals surface area contributed by atoms with E-state index in [1.54, 1.807) is 12.1 Å². The fraction of sp³-hybridized carbons (Fsp3) is 0.647. The molecule has 5 rings (SSSR count). The topological polar surface area (TPSA) is 44.5 Å². The Hall–Kier alpha value is -0.905. The van der Waals surface area contributed by atoms with Crippen molar-refractivity contribution in [1.82, 2.24) is 0 Å². The van der Waals surface area contributed by atoms with Crippen molar-refractivity contribution in [3.8, 4) is 0 Å². The monoisotopic (exact) mass is 303 g/mol. The van der Waals surface area contributed by atoms with E-state index < -0.39 is 7.12 Å². The maximum Gasteiger partial charge on any atom is 0.480 e. The molecule has 0 amide bonds. The Labute approximate surface area is 131 Å². The molecule has 1 aromatic carbocycles. The first-order valence-electron chi connectivity index (χ1n) is 8.16. The molecule has 1 aromatic rings. The van der Waals surface area contributed by atoms with Crippen LogP contribution in [-0.2, 0) is 9.31 Å². The van der Waals surface area contributed by atoms with Gasteiger partial charge in [0, 0.05) is 0 Å². The zero-order valence-corrected chi connectivity index (χ0v) is 13.4. The van der Waals surface area contributed by atoms with Gasteiger partial charge in [-0.3, -0.25) is 0 Å². The van der Waals surface area contributed by atoms with E-state index in [9.17, 15) is 4.39 Å². The summed E-state index contributed by atoms with van der Waals surface area (Å²) in [5.41, 5.74) is 7.24. The van der Waals surface area contributed by atoms with Crippen LogP contribution >= 0.6 is 0 Å². The van der Waals surface area contributed by atoms with Crippen LogP contribution in [0.3, 0.4) is 0 Å². The molecule has 1 saturated heterocycles. The second kappa shape index (κ2) is 4.56. The van der Waals surface area contributed by atoms with Gasteiger partial charge in [-0.2, -0.15) is 0 Å².